The molecule has 116 valence electrons. The van der Waals surface area contributed by atoms with Crippen LogP contribution in [0.1, 0.15) is 18.1 Å². The van der Waals surface area contributed by atoms with Crippen LogP contribution in [0.15, 0.2) is 48.5 Å². The van der Waals surface area contributed by atoms with Gasteiger partial charge in [0.25, 0.3) is 5.91 Å². The van der Waals surface area contributed by atoms with Crippen LogP contribution in [0.4, 0.5) is 5.69 Å². The van der Waals surface area contributed by atoms with Gasteiger partial charge in [-0.25, -0.2) is 0 Å². The zero-order valence-corrected chi connectivity index (χ0v) is 12.9. The highest BCUT2D eigenvalue weighted by molar-refractivity contribution is 5.94. The molecule has 1 atom stereocenters. The first-order valence-electron chi connectivity index (χ1n) is 7.32. The predicted molar refractivity (Wildman–Crippen MR) is 87.1 cm³/mol. The lowest BCUT2D eigenvalue weighted by molar-refractivity contribution is -0.122. The highest BCUT2D eigenvalue weighted by Crippen LogP contribution is 2.15. The molecule has 22 heavy (non-hydrogen) atoms. The number of hydrogen-bond donors (Lipinski definition) is 2. The van der Waals surface area contributed by atoms with Gasteiger partial charge in [0, 0.05) is 12.3 Å². The van der Waals surface area contributed by atoms with Crippen molar-refractivity contribution in [3.63, 3.8) is 0 Å². The number of nitrogens with one attached hydrogen (secondary N) is 1. The summed E-state index contributed by atoms with van der Waals surface area (Å²) >= 11 is 0. The quantitative estimate of drug-likeness (QED) is 0.862. The Morgan fingerprint density at radius 3 is 2.36 bits per heavy atom. The molecule has 0 fully saturated rings. The van der Waals surface area contributed by atoms with Gasteiger partial charge in [-0.3, -0.25) is 4.79 Å². The van der Waals surface area contributed by atoms with E-state index in [1.165, 1.54) is 0 Å². The second-order valence-corrected chi connectivity index (χ2v) is 5.23. The number of hydrogen-bond acceptors (Lipinski definition) is 3. The SMILES string of the molecule is Cc1ccc(OC(C)C(=O)Nc2ccc(CCO)cc2)cc1. The van der Waals surface area contributed by atoms with Crippen molar-refractivity contribution in [3.05, 3.63) is 59.7 Å². The largest absolute Gasteiger partial charge is 0.481 e. The van der Waals surface area contributed by atoms with Crippen LogP contribution in [0.25, 0.3) is 0 Å². The second kappa shape index (κ2) is 7.61. The number of aryl methyl sites for hydroxylation is 1. The van der Waals surface area contributed by atoms with E-state index in [1.54, 1.807) is 6.92 Å². The summed E-state index contributed by atoms with van der Waals surface area (Å²) in [6.45, 7) is 3.84. The summed E-state index contributed by atoms with van der Waals surface area (Å²) in [4.78, 5) is 12.1. The summed E-state index contributed by atoms with van der Waals surface area (Å²) < 4.78 is 5.62. The molecule has 0 aliphatic carbocycles. The molecule has 0 saturated carbocycles. The third-order valence-electron chi connectivity index (χ3n) is 3.33. The average molecular weight is 299 g/mol. The van der Waals surface area contributed by atoms with E-state index >= 15 is 0 Å². The molecule has 0 saturated heterocycles. The predicted octanol–water partition coefficient (Wildman–Crippen LogP) is 2.94. The Hall–Kier alpha value is -2.33. The summed E-state index contributed by atoms with van der Waals surface area (Å²) in [5.41, 5.74) is 2.89. The van der Waals surface area contributed by atoms with Crippen LogP contribution in [0.5, 0.6) is 5.75 Å². The fraction of sp³-hybridized carbons (Fsp3) is 0.278. The summed E-state index contributed by atoms with van der Waals surface area (Å²) in [6, 6.07) is 15.0. The van der Waals surface area contributed by atoms with E-state index in [4.69, 9.17) is 9.84 Å². The lowest BCUT2D eigenvalue weighted by Crippen LogP contribution is -2.30. The molecule has 0 aromatic heterocycles. The molecule has 2 N–H and O–H groups in total. The average Bonchev–Trinajstić information content (AvgIpc) is 2.51. The van der Waals surface area contributed by atoms with Crippen molar-refractivity contribution in [1.82, 2.24) is 0 Å². The first-order chi connectivity index (χ1) is 10.6. The highest BCUT2D eigenvalue weighted by atomic mass is 16.5. The molecular formula is C18H21NO3. The Morgan fingerprint density at radius 1 is 1.14 bits per heavy atom. The zero-order valence-electron chi connectivity index (χ0n) is 12.9. The Balaban J connectivity index is 1.91. The van der Waals surface area contributed by atoms with Crippen molar-refractivity contribution in [2.45, 2.75) is 26.4 Å². The van der Waals surface area contributed by atoms with Gasteiger partial charge in [-0.2, -0.15) is 0 Å². The summed E-state index contributed by atoms with van der Waals surface area (Å²) in [7, 11) is 0. The summed E-state index contributed by atoms with van der Waals surface area (Å²) in [5, 5.41) is 11.7. The van der Waals surface area contributed by atoms with Crippen LogP contribution in [0, 0.1) is 6.92 Å². The van der Waals surface area contributed by atoms with Crippen LogP contribution in [-0.4, -0.2) is 23.7 Å². The third kappa shape index (κ3) is 4.60. The Kier molecular flexibility index (Phi) is 5.55. The van der Waals surface area contributed by atoms with Crippen LogP contribution in [0.2, 0.25) is 0 Å². The van der Waals surface area contributed by atoms with Crippen LogP contribution < -0.4 is 10.1 Å². The van der Waals surface area contributed by atoms with E-state index in [0.29, 0.717) is 17.9 Å². The minimum Gasteiger partial charge on any atom is -0.481 e. The monoisotopic (exact) mass is 299 g/mol. The minimum atomic E-state index is -0.583. The van der Waals surface area contributed by atoms with Crippen molar-refractivity contribution in [2.75, 3.05) is 11.9 Å². The third-order valence-corrected chi connectivity index (χ3v) is 3.33. The van der Waals surface area contributed by atoms with Gasteiger partial charge in [0.05, 0.1) is 0 Å². The van der Waals surface area contributed by atoms with Crippen molar-refractivity contribution in [3.8, 4) is 5.75 Å². The van der Waals surface area contributed by atoms with E-state index in [1.807, 2.05) is 55.5 Å². The number of rotatable bonds is 6. The maximum absolute atomic E-state index is 12.1. The molecule has 2 rings (SSSR count). The fourth-order valence-corrected chi connectivity index (χ4v) is 2.00. The molecule has 4 nitrogen and oxygen atoms in total. The Morgan fingerprint density at radius 2 is 1.77 bits per heavy atom. The van der Waals surface area contributed by atoms with Gasteiger partial charge in [-0.15, -0.1) is 0 Å². The van der Waals surface area contributed by atoms with Crippen molar-refractivity contribution in [1.29, 1.82) is 0 Å². The molecule has 0 bridgehead atoms. The first kappa shape index (κ1) is 16.0. The van der Waals surface area contributed by atoms with E-state index in [9.17, 15) is 4.79 Å². The zero-order chi connectivity index (χ0) is 15.9. The van der Waals surface area contributed by atoms with E-state index < -0.39 is 6.10 Å². The molecule has 0 heterocycles. The highest BCUT2D eigenvalue weighted by Gasteiger charge is 2.14. The van der Waals surface area contributed by atoms with Gasteiger partial charge < -0.3 is 15.2 Å². The summed E-state index contributed by atoms with van der Waals surface area (Å²) in [5.74, 6) is 0.474. The molecule has 2 aromatic carbocycles. The standard InChI is InChI=1S/C18H21NO3/c1-13-3-9-17(10-4-13)22-14(2)18(21)19-16-7-5-15(6-8-16)11-12-20/h3-10,14,20H,11-12H2,1-2H3,(H,19,21). The fourth-order valence-electron chi connectivity index (χ4n) is 2.00. The minimum absolute atomic E-state index is 0.118. The molecule has 0 aliphatic heterocycles. The second-order valence-electron chi connectivity index (χ2n) is 5.23. The van der Waals surface area contributed by atoms with Gasteiger partial charge in [-0.1, -0.05) is 29.8 Å². The van der Waals surface area contributed by atoms with Crippen molar-refractivity contribution in [2.24, 2.45) is 0 Å². The topological polar surface area (TPSA) is 58.6 Å². The molecule has 4 heteroatoms. The number of amides is 1. The van der Waals surface area contributed by atoms with Gasteiger partial charge in [0.2, 0.25) is 0 Å². The van der Waals surface area contributed by atoms with Gasteiger partial charge in [0.1, 0.15) is 5.75 Å². The molecule has 1 amide bonds. The van der Waals surface area contributed by atoms with E-state index in [2.05, 4.69) is 5.32 Å². The van der Waals surface area contributed by atoms with Gasteiger partial charge >= 0.3 is 0 Å². The van der Waals surface area contributed by atoms with Gasteiger partial charge in [0.15, 0.2) is 6.10 Å². The maximum Gasteiger partial charge on any atom is 0.265 e. The van der Waals surface area contributed by atoms with Crippen LogP contribution in [0.3, 0.4) is 0 Å². The number of aliphatic hydroxyl groups is 1. The lowest BCUT2D eigenvalue weighted by Gasteiger charge is -2.15. The number of ether oxygens (including phenoxy) is 1. The molecule has 0 aliphatic rings. The maximum atomic E-state index is 12.1. The van der Waals surface area contributed by atoms with Gasteiger partial charge in [-0.05, 0) is 50.1 Å². The Bertz CT molecular complexity index is 605. The van der Waals surface area contributed by atoms with Crippen LogP contribution in [-0.2, 0) is 11.2 Å². The van der Waals surface area contributed by atoms with Crippen molar-refractivity contribution < 1.29 is 14.6 Å². The smallest absolute Gasteiger partial charge is 0.265 e. The molecule has 1 unspecified atom stereocenters. The number of benzene rings is 2. The number of carbonyl (C=O) groups is 1. The van der Waals surface area contributed by atoms with E-state index in [0.717, 1.165) is 11.1 Å². The number of aliphatic hydroxyl groups excluding tert-OH is 1. The van der Waals surface area contributed by atoms with Crippen LogP contribution >= 0.6 is 0 Å². The number of anilines is 1. The Labute approximate surface area is 130 Å². The normalized spacial score (nSPS) is 11.8. The molecule has 0 spiro atoms. The lowest BCUT2D eigenvalue weighted by atomic mass is 10.1. The first-order valence-corrected chi connectivity index (χ1v) is 7.32. The summed E-state index contributed by atoms with van der Waals surface area (Å²) in [6.07, 6.45) is 0.0288. The molecular weight excluding hydrogens is 278 g/mol. The molecule has 0 radical (unpaired) electrons. The molecule has 2 aromatic rings. The van der Waals surface area contributed by atoms with Crippen molar-refractivity contribution >= 4 is 11.6 Å². The number of carbonyl (C=O) groups excluding carboxylic acids is 1. The van der Waals surface area contributed by atoms with E-state index in [-0.39, 0.29) is 12.5 Å².